The van der Waals surface area contributed by atoms with Crippen LogP contribution in [0.2, 0.25) is 9.36 Å². The normalized spacial score (nSPS) is 12.7. The number of carbonyl (C=O) groups excluding carboxylic acids is 1. The summed E-state index contributed by atoms with van der Waals surface area (Å²) in [6.45, 7) is 5.49. The molecule has 2 rings (SSSR count). The van der Waals surface area contributed by atoms with Crippen LogP contribution < -0.4 is 0 Å². The Bertz CT molecular complexity index is 603. The second kappa shape index (κ2) is 5.03. The van der Waals surface area contributed by atoms with Crippen molar-refractivity contribution >= 4 is 40.3 Å². The zero-order valence-corrected chi connectivity index (χ0v) is 12.5. The molecule has 2 aromatic rings. The van der Waals surface area contributed by atoms with Crippen molar-refractivity contribution in [1.82, 2.24) is 9.78 Å². The van der Waals surface area contributed by atoms with Gasteiger partial charge in [-0.3, -0.25) is 9.48 Å². The Morgan fingerprint density at radius 1 is 1.39 bits per heavy atom. The Morgan fingerprint density at radius 3 is 2.50 bits per heavy atom. The highest BCUT2D eigenvalue weighted by molar-refractivity contribution is 7.18. The highest BCUT2D eigenvalue weighted by Gasteiger charge is 2.22. The minimum Gasteiger partial charge on any atom is -0.291 e. The third-order valence-electron chi connectivity index (χ3n) is 2.80. The van der Waals surface area contributed by atoms with E-state index in [1.165, 1.54) is 11.3 Å². The van der Waals surface area contributed by atoms with Crippen molar-refractivity contribution in [1.29, 1.82) is 0 Å². The van der Waals surface area contributed by atoms with Crippen LogP contribution in [0, 0.1) is 13.8 Å². The van der Waals surface area contributed by atoms with E-state index in [1.807, 2.05) is 20.8 Å². The number of hydrogen-bond acceptors (Lipinski definition) is 3. The van der Waals surface area contributed by atoms with Gasteiger partial charge in [-0.1, -0.05) is 23.2 Å². The van der Waals surface area contributed by atoms with Crippen molar-refractivity contribution in [2.24, 2.45) is 0 Å². The quantitative estimate of drug-likeness (QED) is 0.792. The number of thiophene rings is 1. The second-order valence-electron chi connectivity index (χ2n) is 4.07. The van der Waals surface area contributed by atoms with Crippen LogP contribution in [0.1, 0.15) is 34.0 Å². The molecule has 0 aliphatic carbocycles. The van der Waals surface area contributed by atoms with E-state index in [2.05, 4.69) is 5.10 Å². The molecule has 0 saturated carbocycles. The Kier molecular flexibility index (Phi) is 3.80. The number of aromatic nitrogens is 2. The Morgan fingerprint density at radius 2 is 2.06 bits per heavy atom. The maximum absolute atomic E-state index is 12.3. The number of nitrogens with zero attached hydrogens (tertiary/aromatic N) is 2. The third kappa shape index (κ3) is 2.32. The van der Waals surface area contributed by atoms with Gasteiger partial charge in [0.25, 0.3) is 0 Å². The molecular weight excluding hydrogens is 291 g/mol. The molecule has 0 aliphatic heterocycles. The Labute approximate surface area is 119 Å². The molecule has 18 heavy (non-hydrogen) atoms. The molecule has 0 N–H and O–H groups in total. The zero-order chi connectivity index (χ0) is 13.4. The molecule has 0 radical (unpaired) electrons. The van der Waals surface area contributed by atoms with Gasteiger partial charge in [0.2, 0.25) is 0 Å². The number of Topliss-reactive ketones (excluding diaryl/α,β-unsaturated/α-hetero) is 1. The van der Waals surface area contributed by atoms with Crippen molar-refractivity contribution in [3.8, 4) is 0 Å². The average Bonchev–Trinajstić information content (AvgIpc) is 2.87. The van der Waals surface area contributed by atoms with Gasteiger partial charge in [0.05, 0.1) is 25.6 Å². The van der Waals surface area contributed by atoms with Gasteiger partial charge in [0, 0.05) is 0 Å². The molecule has 0 aliphatic rings. The molecule has 0 saturated heterocycles. The molecule has 0 fully saturated rings. The number of hydrogen-bond donors (Lipinski definition) is 0. The van der Waals surface area contributed by atoms with E-state index in [1.54, 1.807) is 16.8 Å². The highest BCUT2D eigenvalue weighted by Crippen LogP contribution is 2.27. The summed E-state index contributed by atoms with van der Waals surface area (Å²) in [7, 11) is 0. The van der Waals surface area contributed by atoms with E-state index < -0.39 is 0 Å². The largest absolute Gasteiger partial charge is 0.291 e. The summed E-state index contributed by atoms with van der Waals surface area (Å²) in [5.74, 6) is -0.00540. The lowest BCUT2D eigenvalue weighted by Gasteiger charge is -2.12. The van der Waals surface area contributed by atoms with Crippen LogP contribution in [-0.2, 0) is 0 Å². The van der Waals surface area contributed by atoms with Crippen molar-refractivity contribution in [2.75, 3.05) is 0 Å². The first-order chi connectivity index (χ1) is 8.41. The van der Waals surface area contributed by atoms with Crippen LogP contribution >= 0.6 is 34.5 Å². The standard InChI is InChI=1S/C12H12Cl2N2OS/c1-6-11(14)7(2)16(15-6)8(3)12(17)9-4-5-10(13)18-9/h4-5,8H,1-3H3. The van der Waals surface area contributed by atoms with Crippen LogP contribution in [0.4, 0.5) is 0 Å². The second-order valence-corrected chi connectivity index (χ2v) is 6.17. The molecule has 1 unspecified atom stereocenters. The van der Waals surface area contributed by atoms with E-state index in [0.717, 1.165) is 11.4 Å². The summed E-state index contributed by atoms with van der Waals surface area (Å²) in [4.78, 5) is 12.9. The van der Waals surface area contributed by atoms with Crippen LogP contribution in [0.5, 0.6) is 0 Å². The third-order valence-corrected chi connectivity index (χ3v) is 4.59. The summed E-state index contributed by atoms with van der Waals surface area (Å²) in [5.41, 5.74) is 1.54. The number of carbonyl (C=O) groups is 1. The molecule has 0 bridgehead atoms. The summed E-state index contributed by atoms with van der Waals surface area (Å²) in [5, 5.41) is 4.91. The molecule has 0 spiro atoms. The molecule has 3 nitrogen and oxygen atoms in total. The van der Waals surface area contributed by atoms with Crippen molar-refractivity contribution in [3.63, 3.8) is 0 Å². The van der Waals surface area contributed by atoms with Gasteiger partial charge in [0.1, 0.15) is 6.04 Å². The van der Waals surface area contributed by atoms with Crippen LogP contribution in [0.25, 0.3) is 0 Å². The Balaban J connectivity index is 2.34. The molecule has 6 heteroatoms. The first-order valence-electron chi connectivity index (χ1n) is 5.42. The summed E-state index contributed by atoms with van der Waals surface area (Å²) < 4.78 is 2.27. The van der Waals surface area contributed by atoms with Gasteiger partial charge in [-0.25, -0.2) is 0 Å². The smallest absolute Gasteiger partial charge is 0.197 e. The zero-order valence-electron chi connectivity index (χ0n) is 10.2. The maximum atomic E-state index is 12.3. The number of rotatable bonds is 3. The van der Waals surface area contributed by atoms with Gasteiger partial charge in [0.15, 0.2) is 5.78 Å². The van der Waals surface area contributed by atoms with Crippen molar-refractivity contribution in [2.45, 2.75) is 26.8 Å². The molecule has 2 aromatic heterocycles. The first kappa shape index (κ1) is 13.6. The number of ketones is 1. The van der Waals surface area contributed by atoms with E-state index in [4.69, 9.17) is 23.2 Å². The first-order valence-corrected chi connectivity index (χ1v) is 6.99. The summed E-state index contributed by atoms with van der Waals surface area (Å²) in [6, 6.07) is 3.07. The lowest BCUT2D eigenvalue weighted by molar-refractivity contribution is 0.0931. The SMILES string of the molecule is Cc1nn(C(C)C(=O)c2ccc(Cl)s2)c(C)c1Cl. The molecule has 2 heterocycles. The molecule has 96 valence electrons. The Hall–Kier alpha value is -0.840. The molecule has 0 aromatic carbocycles. The fourth-order valence-corrected chi connectivity index (χ4v) is 2.97. The highest BCUT2D eigenvalue weighted by atomic mass is 35.5. The average molecular weight is 303 g/mol. The topological polar surface area (TPSA) is 34.9 Å². The summed E-state index contributed by atoms with van der Waals surface area (Å²) in [6.07, 6.45) is 0. The van der Waals surface area contributed by atoms with Crippen LogP contribution in [0.15, 0.2) is 12.1 Å². The van der Waals surface area contributed by atoms with Gasteiger partial charge < -0.3 is 0 Å². The molecule has 0 amide bonds. The van der Waals surface area contributed by atoms with E-state index >= 15 is 0 Å². The van der Waals surface area contributed by atoms with Crippen LogP contribution in [-0.4, -0.2) is 15.6 Å². The monoisotopic (exact) mass is 302 g/mol. The van der Waals surface area contributed by atoms with Gasteiger partial charge in [-0.05, 0) is 32.9 Å². The van der Waals surface area contributed by atoms with E-state index in [0.29, 0.717) is 14.2 Å². The van der Waals surface area contributed by atoms with Gasteiger partial charge in [-0.2, -0.15) is 5.10 Å². The number of aryl methyl sites for hydroxylation is 1. The van der Waals surface area contributed by atoms with E-state index in [9.17, 15) is 4.79 Å². The van der Waals surface area contributed by atoms with Crippen molar-refractivity contribution < 1.29 is 4.79 Å². The fraction of sp³-hybridized carbons (Fsp3) is 0.333. The minimum absolute atomic E-state index is 0.00540. The minimum atomic E-state index is -0.383. The molecule has 1 atom stereocenters. The summed E-state index contributed by atoms with van der Waals surface area (Å²) >= 11 is 13.2. The van der Waals surface area contributed by atoms with Crippen LogP contribution in [0.3, 0.4) is 0 Å². The predicted molar refractivity (Wildman–Crippen MR) is 75.1 cm³/mol. The molecular formula is C12H12Cl2N2OS. The van der Waals surface area contributed by atoms with Gasteiger partial charge in [-0.15, -0.1) is 11.3 Å². The lowest BCUT2D eigenvalue weighted by Crippen LogP contribution is -2.18. The lowest BCUT2D eigenvalue weighted by atomic mass is 10.2. The van der Waals surface area contributed by atoms with Gasteiger partial charge >= 0.3 is 0 Å². The van der Waals surface area contributed by atoms with Crippen molar-refractivity contribution in [3.05, 3.63) is 37.8 Å². The van der Waals surface area contributed by atoms with E-state index in [-0.39, 0.29) is 11.8 Å². The maximum Gasteiger partial charge on any atom is 0.197 e. The predicted octanol–water partition coefficient (Wildman–Crippen LogP) is 4.31. The fourth-order valence-electron chi connectivity index (χ4n) is 1.78. The number of halogens is 2.